The van der Waals surface area contributed by atoms with Gasteiger partial charge in [-0.25, -0.2) is 5.43 Å². The van der Waals surface area contributed by atoms with Crippen LogP contribution in [0.15, 0.2) is 23.3 Å². The first-order valence-corrected chi connectivity index (χ1v) is 7.45. The summed E-state index contributed by atoms with van der Waals surface area (Å²) in [6, 6.07) is 4.98. The lowest BCUT2D eigenvalue weighted by atomic mass is 10.2. The molecule has 0 aliphatic carbocycles. The van der Waals surface area contributed by atoms with Gasteiger partial charge in [-0.3, -0.25) is 9.59 Å². The summed E-state index contributed by atoms with van der Waals surface area (Å²) < 4.78 is 10.9. The van der Waals surface area contributed by atoms with Crippen molar-refractivity contribution in [3.05, 3.63) is 23.8 Å². The number of carbonyl (C=O) groups excluding carboxylic acids is 2. The first-order chi connectivity index (χ1) is 11.5. The number of hydrazone groups is 1. The van der Waals surface area contributed by atoms with Gasteiger partial charge < -0.3 is 14.8 Å². The molecule has 2 N–H and O–H groups in total. The van der Waals surface area contributed by atoms with Gasteiger partial charge in [-0.15, -0.1) is 6.42 Å². The van der Waals surface area contributed by atoms with Crippen LogP contribution in [-0.4, -0.2) is 37.3 Å². The molecule has 7 nitrogen and oxygen atoms in total. The molecule has 0 atom stereocenters. The van der Waals surface area contributed by atoms with Crippen molar-refractivity contribution in [3.8, 4) is 23.8 Å². The number of rotatable bonds is 7. The van der Waals surface area contributed by atoms with E-state index in [4.69, 9.17) is 15.9 Å². The fraction of sp³-hybridized carbons (Fsp3) is 0.353. The Hall–Kier alpha value is -3.01. The van der Waals surface area contributed by atoms with Gasteiger partial charge in [-0.2, -0.15) is 5.10 Å². The lowest BCUT2D eigenvalue weighted by Crippen LogP contribution is -2.41. The molecule has 0 heterocycles. The van der Waals surface area contributed by atoms with Crippen LogP contribution in [0.4, 0.5) is 0 Å². The highest BCUT2D eigenvalue weighted by Crippen LogP contribution is 2.27. The zero-order valence-electron chi connectivity index (χ0n) is 14.0. The molecule has 128 valence electrons. The second-order valence-corrected chi connectivity index (χ2v) is 4.96. The smallest absolute Gasteiger partial charge is 0.329 e. The van der Waals surface area contributed by atoms with Crippen molar-refractivity contribution >= 4 is 18.0 Å². The van der Waals surface area contributed by atoms with Crippen molar-refractivity contribution in [2.45, 2.75) is 26.8 Å². The average Bonchev–Trinajstić information content (AvgIpc) is 2.53. The molecule has 0 aromatic heterocycles. The lowest BCUT2D eigenvalue weighted by molar-refractivity contribution is -0.139. The molecular formula is C17H21N3O4. The molecule has 1 rings (SSSR count). The number of ether oxygens (including phenoxy) is 2. The first-order valence-electron chi connectivity index (χ1n) is 7.45. The maximum Gasteiger partial charge on any atom is 0.329 e. The zero-order chi connectivity index (χ0) is 17.9. The van der Waals surface area contributed by atoms with Crippen LogP contribution in [0.3, 0.4) is 0 Å². The van der Waals surface area contributed by atoms with E-state index in [0.717, 1.165) is 0 Å². The predicted molar refractivity (Wildman–Crippen MR) is 91.0 cm³/mol. The van der Waals surface area contributed by atoms with E-state index in [2.05, 4.69) is 21.8 Å². The van der Waals surface area contributed by atoms with Crippen molar-refractivity contribution < 1.29 is 19.1 Å². The zero-order valence-corrected chi connectivity index (χ0v) is 14.0. The van der Waals surface area contributed by atoms with Gasteiger partial charge in [0, 0.05) is 6.04 Å². The van der Waals surface area contributed by atoms with E-state index in [9.17, 15) is 9.59 Å². The van der Waals surface area contributed by atoms with Gasteiger partial charge in [0.05, 0.1) is 12.8 Å². The molecule has 1 aromatic rings. The summed E-state index contributed by atoms with van der Waals surface area (Å²) in [7, 11) is 0. The summed E-state index contributed by atoms with van der Waals surface area (Å²) >= 11 is 0. The SMILES string of the molecule is C#CCOc1ccc(/C=N\NC(=O)C(=O)NC(C)C)cc1OCC. The van der Waals surface area contributed by atoms with Crippen molar-refractivity contribution in [3.63, 3.8) is 0 Å². The quantitative estimate of drug-likeness (QED) is 0.338. The number of hydrogen-bond donors (Lipinski definition) is 2. The molecule has 0 fully saturated rings. The summed E-state index contributed by atoms with van der Waals surface area (Å²) in [6.45, 7) is 5.95. The minimum Gasteiger partial charge on any atom is -0.490 e. The monoisotopic (exact) mass is 331 g/mol. The fourth-order valence-electron chi connectivity index (χ4n) is 1.66. The van der Waals surface area contributed by atoms with Gasteiger partial charge in [-0.1, -0.05) is 5.92 Å². The Kier molecular flexibility index (Phi) is 7.85. The molecule has 0 spiro atoms. The predicted octanol–water partition coefficient (Wildman–Crippen LogP) is 1.07. The molecule has 7 heteroatoms. The van der Waals surface area contributed by atoms with E-state index in [-0.39, 0.29) is 12.6 Å². The van der Waals surface area contributed by atoms with Crippen molar-refractivity contribution in [2.24, 2.45) is 5.10 Å². The van der Waals surface area contributed by atoms with E-state index in [0.29, 0.717) is 23.7 Å². The Labute approximate surface area is 141 Å². The molecule has 1 aromatic carbocycles. The normalized spacial score (nSPS) is 10.3. The molecule has 0 radical (unpaired) electrons. The van der Waals surface area contributed by atoms with Crippen LogP contribution >= 0.6 is 0 Å². The number of nitrogens with one attached hydrogen (secondary N) is 2. The standard InChI is InChI=1S/C17H21N3O4/c1-5-9-24-14-8-7-13(10-15(14)23-6-2)11-18-20-17(22)16(21)19-12(3)4/h1,7-8,10-12H,6,9H2,2-4H3,(H,19,21)(H,20,22)/b18-11-. The van der Waals surface area contributed by atoms with Gasteiger partial charge in [0.15, 0.2) is 11.5 Å². The highest BCUT2D eigenvalue weighted by atomic mass is 16.5. The molecule has 2 amide bonds. The number of terminal acetylenes is 1. The Morgan fingerprint density at radius 1 is 1.29 bits per heavy atom. The largest absolute Gasteiger partial charge is 0.490 e. The number of carbonyl (C=O) groups is 2. The topological polar surface area (TPSA) is 89.0 Å². The molecule has 0 aliphatic rings. The third-order valence-electron chi connectivity index (χ3n) is 2.58. The van der Waals surface area contributed by atoms with E-state index >= 15 is 0 Å². The maximum atomic E-state index is 11.5. The summed E-state index contributed by atoms with van der Waals surface area (Å²) in [5.74, 6) is 1.84. The Bertz CT molecular complexity index is 648. The Morgan fingerprint density at radius 2 is 2.04 bits per heavy atom. The van der Waals surface area contributed by atoms with Crippen LogP contribution < -0.4 is 20.2 Å². The van der Waals surface area contributed by atoms with E-state index < -0.39 is 11.8 Å². The summed E-state index contributed by atoms with van der Waals surface area (Å²) in [5.41, 5.74) is 2.82. The molecular weight excluding hydrogens is 310 g/mol. The van der Waals surface area contributed by atoms with Crippen LogP contribution in [0.2, 0.25) is 0 Å². The summed E-state index contributed by atoms with van der Waals surface area (Å²) in [6.07, 6.45) is 6.57. The highest BCUT2D eigenvalue weighted by molar-refractivity contribution is 6.35. The maximum absolute atomic E-state index is 11.5. The molecule has 0 aliphatic heterocycles. The van der Waals surface area contributed by atoms with Gasteiger partial charge in [0.2, 0.25) is 0 Å². The van der Waals surface area contributed by atoms with Gasteiger partial charge in [-0.05, 0) is 44.5 Å². The third kappa shape index (κ3) is 6.40. The first kappa shape index (κ1) is 19.0. The van der Waals surface area contributed by atoms with Gasteiger partial charge >= 0.3 is 11.8 Å². The van der Waals surface area contributed by atoms with Crippen molar-refractivity contribution in [1.82, 2.24) is 10.7 Å². The molecule has 0 saturated heterocycles. The summed E-state index contributed by atoms with van der Waals surface area (Å²) in [4.78, 5) is 22.9. The third-order valence-corrected chi connectivity index (χ3v) is 2.58. The van der Waals surface area contributed by atoms with E-state index in [1.54, 1.807) is 32.0 Å². The minimum absolute atomic E-state index is 0.128. The number of hydrogen-bond acceptors (Lipinski definition) is 5. The van der Waals surface area contributed by atoms with Crippen LogP contribution in [0.25, 0.3) is 0 Å². The Morgan fingerprint density at radius 3 is 2.67 bits per heavy atom. The van der Waals surface area contributed by atoms with Crippen LogP contribution in [0.5, 0.6) is 11.5 Å². The van der Waals surface area contributed by atoms with Crippen LogP contribution in [-0.2, 0) is 9.59 Å². The number of nitrogens with zero attached hydrogens (tertiary/aromatic N) is 1. The second-order valence-electron chi connectivity index (χ2n) is 4.96. The van der Waals surface area contributed by atoms with Crippen molar-refractivity contribution in [2.75, 3.05) is 13.2 Å². The summed E-state index contributed by atoms with van der Waals surface area (Å²) in [5, 5.41) is 6.22. The van der Waals surface area contributed by atoms with Crippen molar-refractivity contribution in [1.29, 1.82) is 0 Å². The van der Waals surface area contributed by atoms with Crippen LogP contribution in [0.1, 0.15) is 26.3 Å². The second kappa shape index (κ2) is 9.90. The molecule has 0 unspecified atom stereocenters. The van der Waals surface area contributed by atoms with Gasteiger partial charge in [0.25, 0.3) is 0 Å². The molecule has 0 saturated carbocycles. The minimum atomic E-state index is -0.834. The van der Waals surface area contributed by atoms with E-state index in [1.807, 2.05) is 6.92 Å². The lowest BCUT2D eigenvalue weighted by Gasteiger charge is -2.10. The fourth-order valence-corrected chi connectivity index (χ4v) is 1.66. The Balaban J connectivity index is 2.73. The average molecular weight is 331 g/mol. The van der Waals surface area contributed by atoms with Crippen LogP contribution in [0, 0.1) is 12.3 Å². The number of amides is 2. The molecule has 24 heavy (non-hydrogen) atoms. The van der Waals surface area contributed by atoms with Gasteiger partial charge in [0.1, 0.15) is 6.61 Å². The number of benzene rings is 1. The molecule has 0 bridgehead atoms. The van der Waals surface area contributed by atoms with E-state index in [1.165, 1.54) is 6.21 Å². The highest BCUT2D eigenvalue weighted by Gasteiger charge is 2.13.